The first kappa shape index (κ1) is 20.4. The van der Waals surface area contributed by atoms with Crippen LogP contribution in [0.2, 0.25) is 0 Å². The number of carbonyl (C=O) groups is 1. The number of nitrogens with zero attached hydrogens (tertiary/aromatic N) is 1. The molecule has 0 aromatic heterocycles. The molecular formula is C20H28N2O3S. The Labute approximate surface area is 156 Å². The van der Waals surface area contributed by atoms with E-state index >= 15 is 0 Å². The van der Waals surface area contributed by atoms with Crippen molar-refractivity contribution in [2.75, 3.05) is 13.6 Å². The van der Waals surface area contributed by atoms with Crippen LogP contribution in [0.5, 0.6) is 0 Å². The highest BCUT2D eigenvalue weighted by atomic mass is 32.2. The fraction of sp³-hybridized carbons (Fsp3) is 0.450. The molecule has 0 saturated carbocycles. The van der Waals surface area contributed by atoms with E-state index < -0.39 is 16.1 Å². The molecule has 26 heavy (non-hydrogen) atoms. The molecule has 0 aliphatic rings. The Bertz CT molecular complexity index is 862. The van der Waals surface area contributed by atoms with Crippen LogP contribution in [0.15, 0.2) is 47.4 Å². The van der Waals surface area contributed by atoms with Crippen molar-refractivity contribution in [3.05, 3.63) is 42.5 Å². The van der Waals surface area contributed by atoms with Crippen molar-refractivity contribution in [1.82, 2.24) is 9.62 Å². The van der Waals surface area contributed by atoms with E-state index in [0.717, 1.165) is 23.6 Å². The standard InChI is InChI=1S/C20H28N2O3S/c1-5-6-13-22(4)20(23)19(15(2)3)21-26(24,25)18-12-11-16-9-7-8-10-17(16)14-18/h7-12,14-15,19,21H,5-6,13H2,1-4H3/t19-/m0/s1. The van der Waals surface area contributed by atoms with Gasteiger partial charge in [-0.1, -0.05) is 57.5 Å². The van der Waals surface area contributed by atoms with Crippen molar-refractivity contribution >= 4 is 26.7 Å². The van der Waals surface area contributed by atoms with Gasteiger partial charge in [-0.05, 0) is 35.2 Å². The molecule has 5 nitrogen and oxygen atoms in total. The summed E-state index contributed by atoms with van der Waals surface area (Å²) in [5, 5.41) is 1.82. The first-order valence-corrected chi connectivity index (χ1v) is 10.5. The predicted molar refractivity (Wildman–Crippen MR) is 105 cm³/mol. The van der Waals surface area contributed by atoms with Gasteiger partial charge >= 0.3 is 0 Å². The van der Waals surface area contributed by atoms with E-state index in [9.17, 15) is 13.2 Å². The van der Waals surface area contributed by atoms with E-state index in [-0.39, 0.29) is 16.7 Å². The van der Waals surface area contributed by atoms with Crippen LogP contribution < -0.4 is 4.72 Å². The highest BCUT2D eigenvalue weighted by Crippen LogP contribution is 2.20. The molecule has 2 aromatic rings. The molecule has 0 aliphatic heterocycles. The maximum absolute atomic E-state index is 12.8. The van der Waals surface area contributed by atoms with E-state index in [2.05, 4.69) is 11.6 Å². The number of carbonyl (C=O) groups excluding carboxylic acids is 1. The molecule has 0 bridgehead atoms. The topological polar surface area (TPSA) is 66.5 Å². The highest BCUT2D eigenvalue weighted by Gasteiger charge is 2.30. The molecule has 0 heterocycles. The average Bonchev–Trinajstić information content (AvgIpc) is 2.63. The first-order valence-electron chi connectivity index (χ1n) is 9.02. The Morgan fingerprint density at radius 1 is 1.12 bits per heavy atom. The Hall–Kier alpha value is -1.92. The lowest BCUT2D eigenvalue weighted by atomic mass is 10.0. The van der Waals surface area contributed by atoms with Gasteiger partial charge in [0, 0.05) is 13.6 Å². The van der Waals surface area contributed by atoms with Crippen LogP contribution in [0.1, 0.15) is 33.6 Å². The molecule has 1 N–H and O–H groups in total. The molecule has 0 fully saturated rings. The Morgan fingerprint density at radius 3 is 2.38 bits per heavy atom. The monoisotopic (exact) mass is 376 g/mol. The number of hydrogen-bond acceptors (Lipinski definition) is 3. The van der Waals surface area contributed by atoms with Gasteiger partial charge in [0.15, 0.2) is 0 Å². The third kappa shape index (κ3) is 4.83. The predicted octanol–water partition coefficient (Wildman–Crippen LogP) is 3.40. The number of amides is 1. The maximum atomic E-state index is 12.8. The lowest BCUT2D eigenvalue weighted by Crippen LogP contribution is -2.50. The Balaban J connectivity index is 2.26. The summed E-state index contributed by atoms with van der Waals surface area (Å²) in [6, 6.07) is 11.8. The van der Waals surface area contributed by atoms with Crippen molar-refractivity contribution in [3.63, 3.8) is 0 Å². The zero-order valence-electron chi connectivity index (χ0n) is 15.9. The number of sulfonamides is 1. The lowest BCUT2D eigenvalue weighted by Gasteiger charge is -2.27. The molecule has 2 aromatic carbocycles. The minimum absolute atomic E-state index is 0.151. The molecule has 0 spiro atoms. The highest BCUT2D eigenvalue weighted by molar-refractivity contribution is 7.89. The summed E-state index contributed by atoms with van der Waals surface area (Å²) in [6.07, 6.45) is 1.87. The Morgan fingerprint density at radius 2 is 1.77 bits per heavy atom. The van der Waals surface area contributed by atoms with Gasteiger partial charge in [0.2, 0.25) is 15.9 Å². The molecule has 0 unspecified atom stereocenters. The molecular weight excluding hydrogens is 348 g/mol. The van der Waals surface area contributed by atoms with E-state index in [4.69, 9.17) is 0 Å². The third-order valence-corrected chi connectivity index (χ3v) is 5.91. The van der Waals surface area contributed by atoms with Crippen LogP contribution in [-0.4, -0.2) is 38.9 Å². The van der Waals surface area contributed by atoms with Crippen LogP contribution in [0.3, 0.4) is 0 Å². The van der Waals surface area contributed by atoms with Crippen LogP contribution >= 0.6 is 0 Å². The number of nitrogens with one attached hydrogen (secondary N) is 1. The zero-order valence-corrected chi connectivity index (χ0v) is 16.7. The summed E-state index contributed by atoms with van der Waals surface area (Å²) in [6.45, 7) is 6.37. The van der Waals surface area contributed by atoms with Gasteiger partial charge in [0.1, 0.15) is 6.04 Å². The summed E-state index contributed by atoms with van der Waals surface area (Å²) in [5.41, 5.74) is 0. The van der Waals surface area contributed by atoms with Crippen molar-refractivity contribution < 1.29 is 13.2 Å². The maximum Gasteiger partial charge on any atom is 0.241 e. The second-order valence-electron chi connectivity index (χ2n) is 6.97. The molecule has 0 saturated heterocycles. The summed E-state index contributed by atoms with van der Waals surface area (Å²) >= 11 is 0. The molecule has 1 amide bonds. The van der Waals surface area contributed by atoms with Crippen molar-refractivity contribution in [1.29, 1.82) is 0 Å². The molecule has 0 radical (unpaired) electrons. The summed E-state index contributed by atoms with van der Waals surface area (Å²) in [4.78, 5) is 14.5. The molecule has 2 rings (SSSR count). The van der Waals surface area contributed by atoms with E-state index in [0.29, 0.717) is 6.54 Å². The van der Waals surface area contributed by atoms with Gasteiger partial charge in [0.25, 0.3) is 0 Å². The minimum atomic E-state index is -3.79. The molecule has 6 heteroatoms. The minimum Gasteiger partial charge on any atom is -0.344 e. The van der Waals surface area contributed by atoms with Gasteiger partial charge in [-0.3, -0.25) is 4.79 Å². The van der Waals surface area contributed by atoms with Gasteiger partial charge in [0.05, 0.1) is 4.90 Å². The van der Waals surface area contributed by atoms with Crippen LogP contribution in [-0.2, 0) is 14.8 Å². The zero-order chi connectivity index (χ0) is 19.3. The van der Waals surface area contributed by atoms with E-state index in [1.165, 1.54) is 0 Å². The van der Waals surface area contributed by atoms with Crippen molar-refractivity contribution in [2.45, 2.75) is 44.6 Å². The second-order valence-corrected chi connectivity index (χ2v) is 8.68. The van der Waals surface area contributed by atoms with E-state index in [1.54, 1.807) is 30.1 Å². The molecule has 1 atom stereocenters. The first-order chi connectivity index (χ1) is 12.3. The fourth-order valence-electron chi connectivity index (χ4n) is 2.78. The quantitative estimate of drug-likeness (QED) is 0.768. The largest absolute Gasteiger partial charge is 0.344 e. The van der Waals surface area contributed by atoms with Gasteiger partial charge in [-0.25, -0.2) is 8.42 Å². The normalized spacial score (nSPS) is 13.1. The number of unbranched alkanes of at least 4 members (excludes halogenated alkanes) is 1. The summed E-state index contributed by atoms with van der Waals surface area (Å²) in [7, 11) is -2.07. The van der Waals surface area contributed by atoms with Crippen LogP contribution in [0.4, 0.5) is 0 Å². The van der Waals surface area contributed by atoms with Crippen molar-refractivity contribution in [3.8, 4) is 0 Å². The van der Waals surface area contributed by atoms with Crippen molar-refractivity contribution in [2.24, 2.45) is 5.92 Å². The number of benzene rings is 2. The van der Waals surface area contributed by atoms with Crippen LogP contribution in [0.25, 0.3) is 10.8 Å². The summed E-state index contributed by atoms with van der Waals surface area (Å²) in [5.74, 6) is -0.348. The molecule has 0 aliphatic carbocycles. The SMILES string of the molecule is CCCCN(C)C(=O)[C@@H](NS(=O)(=O)c1ccc2ccccc2c1)C(C)C. The van der Waals surface area contributed by atoms with Crippen LogP contribution in [0, 0.1) is 5.92 Å². The third-order valence-electron chi connectivity index (χ3n) is 4.47. The number of fused-ring (bicyclic) bond motifs is 1. The summed E-state index contributed by atoms with van der Waals surface area (Å²) < 4.78 is 28.3. The number of hydrogen-bond donors (Lipinski definition) is 1. The number of likely N-dealkylation sites (N-methyl/N-ethyl adjacent to an activating group) is 1. The lowest BCUT2D eigenvalue weighted by molar-refractivity contribution is -0.132. The van der Waals surface area contributed by atoms with Gasteiger partial charge < -0.3 is 4.90 Å². The average molecular weight is 377 g/mol. The Kier molecular flexibility index (Phi) is 6.78. The molecule has 142 valence electrons. The van der Waals surface area contributed by atoms with E-state index in [1.807, 2.05) is 38.1 Å². The number of rotatable bonds is 8. The van der Waals surface area contributed by atoms with Gasteiger partial charge in [-0.2, -0.15) is 4.72 Å². The second kappa shape index (κ2) is 8.64. The van der Waals surface area contributed by atoms with Gasteiger partial charge in [-0.15, -0.1) is 0 Å². The smallest absolute Gasteiger partial charge is 0.241 e. The fourth-order valence-corrected chi connectivity index (χ4v) is 4.16.